The summed E-state index contributed by atoms with van der Waals surface area (Å²) in [5.41, 5.74) is 2.55. The molecule has 0 spiro atoms. The molecule has 2 unspecified atom stereocenters. The zero-order chi connectivity index (χ0) is 17.6. The lowest BCUT2D eigenvalue weighted by atomic mass is 9.99. The Bertz CT molecular complexity index is 675. The molecule has 3 rings (SSSR count). The molecule has 25 heavy (non-hydrogen) atoms. The van der Waals surface area contributed by atoms with E-state index in [4.69, 9.17) is 4.74 Å². The van der Waals surface area contributed by atoms with Crippen LogP contribution in [0.5, 0.6) is 0 Å². The highest BCUT2D eigenvalue weighted by molar-refractivity contribution is 5.68. The number of piperazine rings is 1. The number of benzene rings is 2. The average molecular weight is 338 g/mol. The molecule has 0 saturated carbocycles. The Labute approximate surface area is 150 Å². The first kappa shape index (κ1) is 17.5. The van der Waals surface area contributed by atoms with E-state index in [0.29, 0.717) is 12.6 Å². The van der Waals surface area contributed by atoms with Crippen LogP contribution in [0.4, 0.5) is 4.79 Å². The van der Waals surface area contributed by atoms with Crippen LogP contribution in [0.1, 0.15) is 18.1 Å². The van der Waals surface area contributed by atoms with Crippen LogP contribution in [0.25, 0.3) is 0 Å². The molecular weight excluding hydrogens is 312 g/mol. The fourth-order valence-electron chi connectivity index (χ4n) is 3.54. The van der Waals surface area contributed by atoms with Gasteiger partial charge >= 0.3 is 6.09 Å². The van der Waals surface area contributed by atoms with E-state index in [2.05, 4.69) is 48.2 Å². The first-order chi connectivity index (χ1) is 12.2. The van der Waals surface area contributed by atoms with Crippen molar-refractivity contribution < 1.29 is 9.53 Å². The highest BCUT2D eigenvalue weighted by Crippen LogP contribution is 2.21. The minimum Gasteiger partial charge on any atom is -0.453 e. The maximum atomic E-state index is 12.3. The summed E-state index contributed by atoms with van der Waals surface area (Å²) in [7, 11) is 1.46. The van der Waals surface area contributed by atoms with Crippen LogP contribution in [-0.2, 0) is 17.7 Å². The Morgan fingerprint density at radius 2 is 1.60 bits per heavy atom. The Morgan fingerprint density at radius 1 is 1.00 bits per heavy atom. The van der Waals surface area contributed by atoms with E-state index in [9.17, 15) is 4.79 Å². The quantitative estimate of drug-likeness (QED) is 0.854. The first-order valence-corrected chi connectivity index (χ1v) is 8.84. The number of nitrogens with zero attached hydrogens (tertiary/aromatic N) is 2. The normalized spacial score (nSPS) is 21.1. The van der Waals surface area contributed by atoms with E-state index in [1.165, 1.54) is 18.2 Å². The standard InChI is InChI=1S/C21H26N2O2/c1-17-14-23(21(24)25-2)20(13-18-9-5-3-6-10-18)16-22(17)15-19-11-7-4-8-12-19/h3-12,17,20H,13-16H2,1-2H3. The highest BCUT2D eigenvalue weighted by atomic mass is 16.5. The van der Waals surface area contributed by atoms with Gasteiger partial charge in [-0.2, -0.15) is 0 Å². The summed E-state index contributed by atoms with van der Waals surface area (Å²) < 4.78 is 5.03. The number of methoxy groups -OCH3 is 1. The number of carbonyl (C=O) groups excluding carboxylic acids is 1. The van der Waals surface area contributed by atoms with Gasteiger partial charge in [0.25, 0.3) is 0 Å². The van der Waals surface area contributed by atoms with Crippen LogP contribution >= 0.6 is 0 Å². The molecule has 1 aliphatic rings. The summed E-state index contributed by atoms with van der Waals surface area (Å²) >= 11 is 0. The molecule has 0 aromatic heterocycles. The molecule has 0 aliphatic carbocycles. The molecule has 0 bridgehead atoms. The van der Waals surface area contributed by atoms with Crippen LogP contribution < -0.4 is 0 Å². The fourth-order valence-corrected chi connectivity index (χ4v) is 3.54. The molecule has 4 heteroatoms. The lowest BCUT2D eigenvalue weighted by Gasteiger charge is -2.44. The molecule has 2 aromatic rings. The van der Waals surface area contributed by atoms with Crippen molar-refractivity contribution in [1.82, 2.24) is 9.80 Å². The Kier molecular flexibility index (Phi) is 5.71. The maximum absolute atomic E-state index is 12.3. The van der Waals surface area contributed by atoms with Crippen LogP contribution in [-0.4, -0.2) is 48.2 Å². The Balaban J connectivity index is 1.76. The average Bonchev–Trinajstić information content (AvgIpc) is 2.65. The summed E-state index contributed by atoms with van der Waals surface area (Å²) in [4.78, 5) is 16.6. The van der Waals surface area contributed by atoms with Gasteiger partial charge in [0, 0.05) is 25.7 Å². The van der Waals surface area contributed by atoms with Gasteiger partial charge in [0.05, 0.1) is 13.2 Å². The van der Waals surface area contributed by atoms with Gasteiger partial charge in [-0.1, -0.05) is 60.7 Å². The first-order valence-electron chi connectivity index (χ1n) is 8.84. The molecule has 0 N–H and O–H groups in total. The minimum absolute atomic E-state index is 0.120. The maximum Gasteiger partial charge on any atom is 0.409 e. The summed E-state index contributed by atoms with van der Waals surface area (Å²) in [6.45, 7) is 4.62. The van der Waals surface area contributed by atoms with Crippen LogP contribution in [0.3, 0.4) is 0 Å². The summed E-state index contributed by atoms with van der Waals surface area (Å²) in [5.74, 6) is 0. The molecule has 2 aromatic carbocycles. The number of rotatable bonds is 4. The van der Waals surface area contributed by atoms with E-state index in [0.717, 1.165) is 19.5 Å². The fraction of sp³-hybridized carbons (Fsp3) is 0.381. The van der Waals surface area contributed by atoms with Crippen LogP contribution in [0.2, 0.25) is 0 Å². The minimum atomic E-state index is -0.229. The van der Waals surface area contributed by atoms with Gasteiger partial charge in [0.15, 0.2) is 0 Å². The number of hydrogen-bond acceptors (Lipinski definition) is 3. The number of hydrogen-bond donors (Lipinski definition) is 0. The van der Waals surface area contributed by atoms with Crippen molar-refractivity contribution in [3.05, 3.63) is 71.8 Å². The van der Waals surface area contributed by atoms with E-state index < -0.39 is 0 Å². The molecule has 1 amide bonds. The van der Waals surface area contributed by atoms with E-state index in [-0.39, 0.29) is 12.1 Å². The van der Waals surface area contributed by atoms with E-state index >= 15 is 0 Å². The Morgan fingerprint density at radius 3 is 2.20 bits per heavy atom. The van der Waals surface area contributed by atoms with Crippen molar-refractivity contribution >= 4 is 6.09 Å². The second-order valence-electron chi connectivity index (χ2n) is 6.73. The molecule has 1 saturated heterocycles. The second-order valence-corrected chi connectivity index (χ2v) is 6.73. The largest absolute Gasteiger partial charge is 0.453 e. The molecule has 1 fully saturated rings. The lowest BCUT2D eigenvalue weighted by molar-refractivity contribution is 0.0267. The smallest absolute Gasteiger partial charge is 0.409 e. The molecule has 0 radical (unpaired) electrons. The predicted molar refractivity (Wildman–Crippen MR) is 99.4 cm³/mol. The molecule has 1 aliphatic heterocycles. The topological polar surface area (TPSA) is 32.8 Å². The van der Waals surface area contributed by atoms with Gasteiger partial charge in [0.2, 0.25) is 0 Å². The summed E-state index contributed by atoms with van der Waals surface area (Å²) in [6.07, 6.45) is 0.612. The third-order valence-electron chi connectivity index (χ3n) is 4.92. The Hall–Kier alpha value is -2.33. The van der Waals surface area contributed by atoms with Gasteiger partial charge in [0.1, 0.15) is 0 Å². The van der Waals surface area contributed by atoms with E-state index in [1.54, 1.807) is 0 Å². The van der Waals surface area contributed by atoms with Crippen molar-refractivity contribution in [1.29, 1.82) is 0 Å². The second kappa shape index (κ2) is 8.17. The van der Waals surface area contributed by atoms with Crippen molar-refractivity contribution in [3.63, 3.8) is 0 Å². The number of carbonyl (C=O) groups is 1. The molecule has 4 nitrogen and oxygen atoms in total. The monoisotopic (exact) mass is 338 g/mol. The third-order valence-corrected chi connectivity index (χ3v) is 4.92. The van der Waals surface area contributed by atoms with Crippen molar-refractivity contribution in [2.45, 2.75) is 32.0 Å². The highest BCUT2D eigenvalue weighted by Gasteiger charge is 2.34. The molecule has 1 heterocycles. The lowest BCUT2D eigenvalue weighted by Crippen LogP contribution is -2.59. The zero-order valence-corrected chi connectivity index (χ0v) is 15.0. The van der Waals surface area contributed by atoms with Gasteiger partial charge in [-0.3, -0.25) is 4.90 Å². The third kappa shape index (κ3) is 4.40. The van der Waals surface area contributed by atoms with Gasteiger partial charge in [-0.15, -0.1) is 0 Å². The number of amides is 1. The SMILES string of the molecule is COC(=O)N1CC(C)N(Cc2ccccc2)CC1Cc1ccccc1. The molecular formula is C21H26N2O2. The zero-order valence-electron chi connectivity index (χ0n) is 15.0. The van der Waals surface area contributed by atoms with Gasteiger partial charge in [-0.25, -0.2) is 4.79 Å². The number of ether oxygens (including phenoxy) is 1. The van der Waals surface area contributed by atoms with Crippen molar-refractivity contribution in [2.24, 2.45) is 0 Å². The van der Waals surface area contributed by atoms with Gasteiger partial charge < -0.3 is 9.64 Å². The van der Waals surface area contributed by atoms with E-state index in [1.807, 2.05) is 29.2 Å². The summed E-state index contributed by atoms with van der Waals surface area (Å²) in [6, 6.07) is 21.3. The molecule has 2 atom stereocenters. The summed E-state index contributed by atoms with van der Waals surface area (Å²) in [5, 5.41) is 0. The van der Waals surface area contributed by atoms with Gasteiger partial charge in [-0.05, 0) is 24.5 Å². The molecule has 132 valence electrons. The van der Waals surface area contributed by atoms with Crippen molar-refractivity contribution in [3.8, 4) is 0 Å². The van der Waals surface area contributed by atoms with Crippen LogP contribution in [0, 0.1) is 0 Å². The predicted octanol–water partition coefficient (Wildman–Crippen LogP) is 3.57. The van der Waals surface area contributed by atoms with Crippen LogP contribution in [0.15, 0.2) is 60.7 Å². The van der Waals surface area contributed by atoms with Crippen molar-refractivity contribution in [2.75, 3.05) is 20.2 Å².